The molecule has 0 saturated heterocycles. The molecule has 0 radical (unpaired) electrons. The summed E-state index contributed by atoms with van der Waals surface area (Å²) in [6.45, 7) is 9.33. The Morgan fingerprint density at radius 3 is 2.34 bits per heavy atom. The molecular weight excluding hydrogens is 354 g/mol. The first-order chi connectivity index (χ1) is 14.1. The summed E-state index contributed by atoms with van der Waals surface area (Å²) >= 11 is 0. The van der Waals surface area contributed by atoms with E-state index in [1.807, 2.05) is 0 Å². The number of hydrogen-bond acceptors (Lipinski definition) is 3. The lowest BCUT2D eigenvalue weighted by Crippen LogP contribution is -2.53. The third-order valence-electron chi connectivity index (χ3n) is 6.72. The van der Waals surface area contributed by atoms with Crippen molar-refractivity contribution in [3.63, 3.8) is 0 Å². The van der Waals surface area contributed by atoms with Crippen LogP contribution in [0.15, 0.2) is 66.7 Å². The van der Waals surface area contributed by atoms with Crippen molar-refractivity contribution in [1.29, 1.82) is 0 Å². The van der Waals surface area contributed by atoms with E-state index in [4.69, 9.17) is 4.98 Å². The molecular formula is C26H29N3. The Kier molecular flexibility index (Phi) is 4.34. The van der Waals surface area contributed by atoms with E-state index in [1.54, 1.807) is 0 Å². The van der Waals surface area contributed by atoms with Crippen LogP contribution in [0, 0.1) is 5.92 Å². The van der Waals surface area contributed by atoms with Gasteiger partial charge in [-0.3, -0.25) is 0 Å². The highest BCUT2D eigenvalue weighted by atomic mass is 15.5. The Morgan fingerprint density at radius 1 is 0.897 bits per heavy atom. The summed E-state index contributed by atoms with van der Waals surface area (Å²) in [6.07, 6.45) is 1.47. The minimum Gasteiger partial charge on any atom is -0.345 e. The molecule has 2 aliphatic rings. The Hall–Kier alpha value is -2.81. The summed E-state index contributed by atoms with van der Waals surface area (Å²) in [6, 6.07) is 24.3. The van der Waals surface area contributed by atoms with Crippen molar-refractivity contribution >= 4 is 17.2 Å². The average molecular weight is 384 g/mol. The van der Waals surface area contributed by atoms with Gasteiger partial charge >= 0.3 is 0 Å². The molecule has 0 amide bonds. The molecule has 5 rings (SSSR count). The summed E-state index contributed by atoms with van der Waals surface area (Å²) in [7, 11) is 0. The maximum atomic E-state index is 5.22. The van der Waals surface area contributed by atoms with E-state index in [1.165, 1.54) is 22.5 Å². The lowest BCUT2D eigenvalue weighted by atomic mass is 9.78. The number of fused-ring (bicyclic) bond motifs is 5. The molecule has 148 valence electrons. The zero-order valence-corrected chi connectivity index (χ0v) is 17.7. The average Bonchev–Trinajstić information content (AvgIpc) is 3.09. The molecule has 3 unspecified atom stereocenters. The fourth-order valence-corrected chi connectivity index (χ4v) is 5.36. The smallest absolute Gasteiger partial charge is 0.159 e. The maximum Gasteiger partial charge on any atom is 0.159 e. The number of para-hydroxylation sites is 1. The lowest BCUT2D eigenvalue weighted by Gasteiger charge is -2.47. The molecule has 29 heavy (non-hydrogen) atoms. The first-order valence-electron chi connectivity index (χ1n) is 10.8. The van der Waals surface area contributed by atoms with Crippen molar-refractivity contribution in [2.45, 2.75) is 52.2 Å². The standard InChI is InChI=1S/C26H29N3/c1-5-20-18(4)21-13-9-10-14-23(21)29-25-24(28(17(2)3)26(20)29)16-15-22(27-25)19-11-7-6-8-12-19/h6-18,20,26H,5H2,1-4H3. The van der Waals surface area contributed by atoms with Crippen LogP contribution < -0.4 is 9.80 Å². The largest absolute Gasteiger partial charge is 0.345 e. The molecule has 2 aliphatic heterocycles. The van der Waals surface area contributed by atoms with Gasteiger partial charge in [-0.25, -0.2) is 4.98 Å². The monoisotopic (exact) mass is 383 g/mol. The highest BCUT2D eigenvalue weighted by Gasteiger charge is 2.48. The van der Waals surface area contributed by atoms with Gasteiger partial charge in [0.15, 0.2) is 5.82 Å². The van der Waals surface area contributed by atoms with Crippen molar-refractivity contribution in [3.05, 3.63) is 72.3 Å². The minimum absolute atomic E-state index is 0.318. The Balaban J connectivity index is 1.74. The molecule has 3 heteroatoms. The Labute approximate surface area is 174 Å². The number of benzene rings is 2. The zero-order valence-electron chi connectivity index (χ0n) is 17.7. The van der Waals surface area contributed by atoms with E-state index < -0.39 is 0 Å². The number of hydrogen-bond donors (Lipinski definition) is 0. The van der Waals surface area contributed by atoms with Crippen molar-refractivity contribution in [2.24, 2.45) is 5.92 Å². The second-order valence-electron chi connectivity index (χ2n) is 8.61. The van der Waals surface area contributed by atoms with Crippen LogP contribution in [0.3, 0.4) is 0 Å². The second-order valence-corrected chi connectivity index (χ2v) is 8.61. The maximum absolute atomic E-state index is 5.22. The number of pyridine rings is 1. The number of aromatic nitrogens is 1. The highest BCUT2D eigenvalue weighted by Crippen LogP contribution is 2.54. The van der Waals surface area contributed by atoms with Gasteiger partial charge in [-0.2, -0.15) is 0 Å². The highest BCUT2D eigenvalue weighted by molar-refractivity contribution is 5.85. The minimum atomic E-state index is 0.318. The van der Waals surface area contributed by atoms with Gasteiger partial charge in [-0.05, 0) is 49.9 Å². The third-order valence-corrected chi connectivity index (χ3v) is 6.72. The van der Waals surface area contributed by atoms with Crippen LogP contribution in [-0.2, 0) is 0 Å². The van der Waals surface area contributed by atoms with E-state index in [2.05, 4.69) is 104 Å². The van der Waals surface area contributed by atoms with Gasteiger partial charge < -0.3 is 9.80 Å². The van der Waals surface area contributed by atoms with Gasteiger partial charge in [0.25, 0.3) is 0 Å². The van der Waals surface area contributed by atoms with Gasteiger partial charge in [-0.15, -0.1) is 0 Å². The fraction of sp³-hybridized carbons (Fsp3) is 0.346. The van der Waals surface area contributed by atoms with Crippen LogP contribution in [0.5, 0.6) is 0 Å². The Morgan fingerprint density at radius 2 is 1.62 bits per heavy atom. The molecule has 0 spiro atoms. The predicted molar refractivity (Wildman–Crippen MR) is 122 cm³/mol. The zero-order chi connectivity index (χ0) is 20.1. The Bertz CT molecular complexity index is 1030. The van der Waals surface area contributed by atoms with E-state index >= 15 is 0 Å². The lowest BCUT2D eigenvalue weighted by molar-refractivity contribution is 0.322. The molecule has 0 N–H and O–H groups in total. The van der Waals surface area contributed by atoms with Gasteiger partial charge in [0.2, 0.25) is 0 Å². The van der Waals surface area contributed by atoms with E-state index in [0.717, 1.165) is 17.9 Å². The first kappa shape index (κ1) is 18.2. The second kappa shape index (κ2) is 6.91. The van der Waals surface area contributed by atoms with Crippen molar-refractivity contribution in [3.8, 4) is 11.3 Å². The van der Waals surface area contributed by atoms with Gasteiger partial charge in [0.05, 0.1) is 11.4 Å². The normalized spacial score (nSPS) is 22.4. The van der Waals surface area contributed by atoms with Crippen LogP contribution in [0.4, 0.5) is 17.2 Å². The van der Waals surface area contributed by atoms with Crippen LogP contribution in [0.1, 0.15) is 45.6 Å². The van der Waals surface area contributed by atoms with Crippen LogP contribution in [0.25, 0.3) is 11.3 Å². The van der Waals surface area contributed by atoms with Crippen molar-refractivity contribution < 1.29 is 0 Å². The topological polar surface area (TPSA) is 19.4 Å². The SMILES string of the molecule is CCC1C(C)c2ccccc2N2c3nc(-c4ccccc4)ccc3N(C(C)C)C12. The molecule has 3 atom stereocenters. The summed E-state index contributed by atoms with van der Waals surface area (Å²) in [5.41, 5.74) is 6.22. The molecule has 0 saturated carbocycles. The molecule has 0 bridgehead atoms. The first-order valence-corrected chi connectivity index (χ1v) is 10.8. The molecule has 0 fully saturated rings. The molecule has 1 aromatic heterocycles. The number of rotatable bonds is 3. The summed E-state index contributed by atoms with van der Waals surface area (Å²) in [4.78, 5) is 10.3. The van der Waals surface area contributed by atoms with Crippen molar-refractivity contribution in [2.75, 3.05) is 9.80 Å². The van der Waals surface area contributed by atoms with E-state index in [0.29, 0.717) is 24.0 Å². The van der Waals surface area contributed by atoms with E-state index in [9.17, 15) is 0 Å². The van der Waals surface area contributed by atoms with Crippen LogP contribution in [-0.4, -0.2) is 17.2 Å². The molecule has 3 nitrogen and oxygen atoms in total. The summed E-state index contributed by atoms with van der Waals surface area (Å²) in [5, 5.41) is 0. The molecule has 2 aromatic carbocycles. The van der Waals surface area contributed by atoms with E-state index in [-0.39, 0.29) is 0 Å². The van der Waals surface area contributed by atoms with Gasteiger partial charge in [0, 0.05) is 23.2 Å². The number of nitrogens with zero attached hydrogens (tertiary/aromatic N) is 3. The van der Waals surface area contributed by atoms with Crippen LogP contribution >= 0.6 is 0 Å². The summed E-state index contributed by atoms with van der Waals surface area (Å²) in [5.74, 6) is 2.19. The number of anilines is 3. The van der Waals surface area contributed by atoms with Gasteiger partial charge in [0.1, 0.15) is 6.17 Å². The molecule has 3 aromatic rings. The quantitative estimate of drug-likeness (QED) is 0.509. The molecule has 3 heterocycles. The third kappa shape index (κ3) is 2.67. The van der Waals surface area contributed by atoms with Crippen molar-refractivity contribution in [1.82, 2.24) is 4.98 Å². The fourth-order valence-electron chi connectivity index (χ4n) is 5.36. The molecule has 0 aliphatic carbocycles. The van der Waals surface area contributed by atoms with Gasteiger partial charge in [-0.1, -0.05) is 62.4 Å². The summed E-state index contributed by atoms with van der Waals surface area (Å²) < 4.78 is 0. The predicted octanol–water partition coefficient (Wildman–Crippen LogP) is 6.58. The van der Waals surface area contributed by atoms with Crippen LogP contribution in [0.2, 0.25) is 0 Å².